The minimum atomic E-state index is -4.47. The number of alkyl halides is 3. The highest BCUT2D eigenvalue weighted by atomic mass is 19.4. The summed E-state index contributed by atoms with van der Waals surface area (Å²) in [5.74, 6) is 2.17. The van der Waals surface area contributed by atoms with E-state index in [9.17, 15) is 18.0 Å². The molecule has 0 N–H and O–H groups in total. The van der Waals surface area contributed by atoms with E-state index in [-0.39, 0.29) is 23.9 Å². The second-order valence-electron chi connectivity index (χ2n) is 9.48. The smallest absolute Gasteiger partial charge is 0.338 e. The van der Waals surface area contributed by atoms with Gasteiger partial charge < -0.3 is 4.90 Å². The third-order valence-corrected chi connectivity index (χ3v) is 7.47. The summed E-state index contributed by atoms with van der Waals surface area (Å²) in [6.45, 7) is -0.0832. The number of carbonyl (C=O) groups is 1. The molecule has 148 valence electrons. The topological polar surface area (TPSA) is 38.1 Å². The number of likely N-dealkylation sites (N-methyl/N-ethyl adjacent to an activating group) is 1. The van der Waals surface area contributed by atoms with Crippen molar-refractivity contribution in [2.24, 2.45) is 17.8 Å². The third kappa shape index (κ3) is 2.97. The molecule has 5 aliphatic carbocycles. The van der Waals surface area contributed by atoms with Crippen molar-refractivity contribution in [2.45, 2.75) is 75.5 Å². The molecule has 1 amide bonds. The van der Waals surface area contributed by atoms with Gasteiger partial charge in [0.05, 0.1) is 0 Å². The Morgan fingerprint density at radius 1 is 1.19 bits per heavy atom. The molecular weight excluding hydrogens is 355 g/mol. The van der Waals surface area contributed by atoms with Crippen molar-refractivity contribution < 1.29 is 18.0 Å². The number of carbonyl (C=O) groups excluding carboxylic acids is 1. The molecule has 0 radical (unpaired) electrons. The Morgan fingerprint density at radius 2 is 1.74 bits per heavy atom. The molecule has 5 saturated carbocycles. The van der Waals surface area contributed by atoms with Crippen molar-refractivity contribution in [3.8, 4) is 0 Å². The van der Waals surface area contributed by atoms with Gasteiger partial charge in [-0.3, -0.25) is 9.48 Å². The van der Waals surface area contributed by atoms with Gasteiger partial charge in [-0.2, -0.15) is 18.3 Å². The molecule has 0 aliphatic heterocycles. The Balaban J connectivity index is 1.37. The van der Waals surface area contributed by atoms with Gasteiger partial charge in [0, 0.05) is 24.2 Å². The van der Waals surface area contributed by atoms with Crippen LogP contribution in [0.4, 0.5) is 13.2 Å². The molecule has 0 spiro atoms. The second-order valence-corrected chi connectivity index (χ2v) is 9.48. The van der Waals surface area contributed by atoms with Crippen LogP contribution >= 0.6 is 0 Å². The van der Waals surface area contributed by atoms with Crippen LogP contribution in [0.2, 0.25) is 0 Å². The summed E-state index contributed by atoms with van der Waals surface area (Å²) in [4.78, 5) is 14.9. The van der Waals surface area contributed by atoms with Gasteiger partial charge in [-0.05, 0) is 75.2 Å². The molecule has 4 nitrogen and oxygen atoms in total. The van der Waals surface area contributed by atoms with Gasteiger partial charge in [0.1, 0.15) is 6.54 Å². The van der Waals surface area contributed by atoms with Crippen LogP contribution in [0.1, 0.15) is 68.7 Å². The summed E-state index contributed by atoms with van der Waals surface area (Å²) in [6, 6.07) is 1.13. The van der Waals surface area contributed by atoms with Gasteiger partial charge in [0.25, 0.3) is 0 Å². The first-order chi connectivity index (χ1) is 12.7. The SMILES string of the molecule is CN(C(=O)Cn1nc(C(F)(F)F)cc1C1CC1)C12CC3CC(CC(C3)C1)C2. The van der Waals surface area contributed by atoms with E-state index in [1.54, 1.807) is 0 Å². The largest absolute Gasteiger partial charge is 0.435 e. The molecule has 1 aromatic heterocycles. The minimum Gasteiger partial charge on any atom is -0.338 e. The van der Waals surface area contributed by atoms with Crippen molar-refractivity contribution in [3.05, 3.63) is 17.5 Å². The molecule has 5 aliphatic rings. The van der Waals surface area contributed by atoms with Crippen molar-refractivity contribution in [3.63, 3.8) is 0 Å². The second kappa shape index (κ2) is 5.74. The van der Waals surface area contributed by atoms with Crippen molar-refractivity contribution >= 4 is 5.91 Å². The fourth-order valence-electron chi connectivity index (χ4n) is 6.38. The van der Waals surface area contributed by atoms with Gasteiger partial charge in [0.15, 0.2) is 5.69 Å². The van der Waals surface area contributed by atoms with E-state index < -0.39 is 11.9 Å². The lowest BCUT2D eigenvalue weighted by molar-refractivity contribution is -0.149. The summed E-state index contributed by atoms with van der Waals surface area (Å²) in [5.41, 5.74) is -0.393. The van der Waals surface area contributed by atoms with Crippen LogP contribution in [0.3, 0.4) is 0 Å². The maximum atomic E-state index is 13.1. The average Bonchev–Trinajstić information content (AvgIpc) is 3.32. The molecule has 0 unspecified atom stereocenters. The summed E-state index contributed by atoms with van der Waals surface area (Å²) in [7, 11) is 1.86. The standard InChI is InChI=1S/C20H26F3N3O/c1-25(19-8-12-4-13(9-19)6-14(5-12)10-19)18(27)11-26-16(15-2-3-15)7-17(24-26)20(21,22)23/h7,12-15H,2-6,8-11H2,1H3. The van der Waals surface area contributed by atoms with Crippen LogP contribution in [0.5, 0.6) is 0 Å². The molecule has 4 bridgehead atoms. The summed E-state index contributed by atoms with van der Waals surface area (Å²) >= 11 is 0. The molecule has 7 heteroatoms. The van der Waals surface area contributed by atoms with E-state index in [1.807, 2.05) is 11.9 Å². The third-order valence-electron chi connectivity index (χ3n) is 7.47. The van der Waals surface area contributed by atoms with E-state index in [0.717, 1.165) is 55.9 Å². The maximum Gasteiger partial charge on any atom is 0.435 e. The van der Waals surface area contributed by atoms with Gasteiger partial charge in [0.2, 0.25) is 5.91 Å². The highest BCUT2D eigenvalue weighted by molar-refractivity contribution is 5.76. The Bertz CT molecular complexity index is 730. The van der Waals surface area contributed by atoms with E-state index in [2.05, 4.69) is 5.10 Å². The lowest BCUT2D eigenvalue weighted by Gasteiger charge is -2.59. The average molecular weight is 381 g/mol. The van der Waals surface area contributed by atoms with Gasteiger partial charge in [-0.15, -0.1) is 0 Å². The van der Waals surface area contributed by atoms with E-state index in [1.165, 1.54) is 23.9 Å². The van der Waals surface area contributed by atoms with Crippen LogP contribution in [0.25, 0.3) is 0 Å². The fraction of sp³-hybridized carbons (Fsp3) is 0.800. The number of halogens is 3. The highest BCUT2D eigenvalue weighted by Crippen LogP contribution is 2.57. The molecule has 1 heterocycles. The van der Waals surface area contributed by atoms with Crippen LogP contribution in [0, 0.1) is 17.8 Å². The summed E-state index contributed by atoms with van der Waals surface area (Å²) in [6.07, 6.45) is 4.34. The molecule has 1 aromatic rings. The molecule has 0 saturated heterocycles. The molecular formula is C20H26F3N3O. The summed E-state index contributed by atoms with van der Waals surface area (Å²) in [5, 5.41) is 3.76. The van der Waals surface area contributed by atoms with Crippen LogP contribution in [0.15, 0.2) is 6.07 Å². The predicted molar refractivity (Wildman–Crippen MR) is 92.9 cm³/mol. The van der Waals surface area contributed by atoms with Gasteiger partial charge >= 0.3 is 6.18 Å². The van der Waals surface area contributed by atoms with Crippen molar-refractivity contribution in [1.29, 1.82) is 0 Å². The Labute approximate surface area is 157 Å². The van der Waals surface area contributed by atoms with Crippen LogP contribution in [-0.4, -0.2) is 33.2 Å². The van der Waals surface area contributed by atoms with E-state index in [4.69, 9.17) is 0 Å². The van der Waals surface area contributed by atoms with Crippen molar-refractivity contribution in [2.75, 3.05) is 7.05 Å². The van der Waals surface area contributed by atoms with Gasteiger partial charge in [-0.1, -0.05) is 0 Å². The first kappa shape index (κ1) is 17.6. The highest BCUT2D eigenvalue weighted by Gasteiger charge is 2.53. The number of hydrogen-bond acceptors (Lipinski definition) is 2. The summed E-state index contributed by atoms with van der Waals surface area (Å²) < 4.78 is 40.6. The molecule has 0 atom stereocenters. The monoisotopic (exact) mass is 381 g/mol. The molecule has 5 fully saturated rings. The van der Waals surface area contributed by atoms with Crippen LogP contribution < -0.4 is 0 Å². The molecule has 0 aromatic carbocycles. The normalized spacial score (nSPS) is 34.9. The number of aromatic nitrogens is 2. The van der Waals surface area contributed by atoms with E-state index in [0.29, 0.717) is 5.69 Å². The number of amides is 1. The zero-order chi connectivity index (χ0) is 19.0. The minimum absolute atomic E-state index is 0.0778. The Hall–Kier alpha value is -1.53. The Morgan fingerprint density at radius 3 is 2.22 bits per heavy atom. The predicted octanol–water partition coefficient (Wildman–Crippen LogP) is 4.21. The zero-order valence-electron chi connectivity index (χ0n) is 15.6. The number of nitrogens with zero attached hydrogens (tertiary/aromatic N) is 3. The van der Waals surface area contributed by atoms with Crippen LogP contribution in [-0.2, 0) is 17.5 Å². The fourth-order valence-corrected chi connectivity index (χ4v) is 6.38. The lowest BCUT2D eigenvalue weighted by Crippen LogP contribution is -2.60. The van der Waals surface area contributed by atoms with E-state index >= 15 is 0 Å². The lowest BCUT2D eigenvalue weighted by atomic mass is 9.52. The maximum absolute atomic E-state index is 13.1. The zero-order valence-corrected chi connectivity index (χ0v) is 15.6. The Kier molecular flexibility index (Phi) is 3.73. The number of rotatable bonds is 4. The molecule has 6 rings (SSSR count). The van der Waals surface area contributed by atoms with Crippen molar-refractivity contribution in [1.82, 2.24) is 14.7 Å². The quantitative estimate of drug-likeness (QED) is 0.784. The first-order valence-electron chi connectivity index (χ1n) is 10.1. The first-order valence-corrected chi connectivity index (χ1v) is 10.1. The van der Waals surface area contributed by atoms with Gasteiger partial charge in [-0.25, -0.2) is 0 Å². The molecule has 27 heavy (non-hydrogen) atoms. The number of hydrogen-bond donors (Lipinski definition) is 0.